The Morgan fingerprint density at radius 2 is 1.45 bits per heavy atom. The number of anilines is 2. The number of azo groups is 1. The van der Waals surface area contributed by atoms with Gasteiger partial charge in [0, 0.05) is 26.2 Å². The number of aromatic nitrogens is 3. The Labute approximate surface area is 166 Å². The number of halogens is 3. The second-order valence-corrected chi connectivity index (χ2v) is 7.22. The summed E-state index contributed by atoms with van der Waals surface area (Å²) in [6, 6.07) is 5.08. The molecule has 2 aliphatic rings. The summed E-state index contributed by atoms with van der Waals surface area (Å²) in [4.78, 5) is 17.6. The van der Waals surface area contributed by atoms with Gasteiger partial charge in [0.1, 0.15) is 0 Å². The minimum Gasteiger partial charge on any atom is -0.341 e. The number of rotatable bonds is 5. The predicted molar refractivity (Wildman–Crippen MR) is 102 cm³/mol. The van der Waals surface area contributed by atoms with E-state index in [4.69, 9.17) is 0 Å². The first-order chi connectivity index (χ1) is 14.0. The van der Waals surface area contributed by atoms with Crippen molar-refractivity contribution in [1.82, 2.24) is 15.0 Å². The smallest absolute Gasteiger partial charge is 0.341 e. The third-order valence-electron chi connectivity index (χ3n) is 5.05. The molecule has 2 fully saturated rings. The zero-order valence-electron chi connectivity index (χ0n) is 15.9. The molecule has 4 rings (SSSR count). The fourth-order valence-electron chi connectivity index (χ4n) is 3.53. The minimum atomic E-state index is -4.38. The van der Waals surface area contributed by atoms with E-state index in [1.807, 2.05) is 0 Å². The Kier molecular flexibility index (Phi) is 5.59. The van der Waals surface area contributed by atoms with Crippen molar-refractivity contribution < 1.29 is 13.2 Å². The monoisotopic (exact) mass is 405 g/mol. The maximum atomic E-state index is 12.8. The van der Waals surface area contributed by atoms with Gasteiger partial charge in [-0.2, -0.15) is 33.2 Å². The summed E-state index contributed by atoms with van der Waals surface area (Å²) < 4.78 is 38.5. The highest BCUT2D eigenvalue weighted by Gasteiger charge is 2.30. The van der Waals surface area contributed by atoms with Crippen LogP contribution in [0.4, 0.5) is 31.0 Å². The number of benzene rings is 1. The van der Waals surface area contributed by atoms with E-state index in [9.17, 15) is 13.2 Å². The van der Waals surface area contributed by atoms with Gasteiger partial charge in [0.05, 0.1) is 12.1 Å². The summed E-state index contributed by atoms with van der Waals surface area (Å²) in [5.74, 6) is 1.37. The van der Waals surface area contributed by atoms with Crippen LogP contribution in [-0.2, 0) is 12.7 Å². The van der Waals surface area contributed by atoms with Crippen molar-refractivity contribution in [2.75, 3.05) is 36.0 Å². The normalized spacial score (nSPS) is 17.6. The van der Waals surface area contributed by atoms with E-state index in [0.717, 1.165) is 64.0 Å². The van der Waals surface area contributed by atoms with Crippen molar-refractivity contribution in [3.8, 4) is 0 Å². The number of hydrogen-bond acceptors (Lipinski definition) is 7. The van der Waals surface area contributed by atoms with E-state index >= 15 is 0 Å². The highest BCUT2D eigenvalue weighted by atomic mass is 19.4. The molecule has 0 aliphatic carbocycles. The third-order valence-corrected chi connectivity index (χ3v) is 5.05. The molecule has 10 heteroatoms. The van der Waals surface area contributed by atoms with Crippen molar-refractivity contribution in [1.29, 1.82) is 0 Å². The van der Waals surface area contributed by atoms with Crippen LogP contribution < -0.4 is 9.80 Å². The first-order valence-electron chi connectivity index (χ1n) is 9.79. The molecule has 3 heterocycles. The Morgan fingerprint density at radius 3 is 2.00 bits per heavy atom. The molecule has 0 atom stereocenters. The van der Waals surface area contributed by atoms with E-state index < -0.39 is 11.7 Å². The molecule has 0 saturated carbocycles. The van der Waals surface area contributed by atoms with E-state index in [-0.39, 0.29) is 12.5 Å². The molecular weight excluding hydrogens is 383 g/mol. The second kappa shape index (κ2) is 8.30. The zero-order valence-corrected chi connectivity index (χ0v) is 15.9. The van der Waals surface area contributed by atoms with Crippen molar-refractivity contribution in [3.63, 3.8) is 0 Å². The molecule has 0 amide bonds. The molecule has 1 aromatic heterocycles. The van der Waals surface area contributed by atoms with E-state index in [0.29, 0.717) is 17.5 Å². The average Bonchev–Trinajstić information content (AvgIpc) is 3.41. The van der Waals surface area contributed by atoms with Gasteiger partial charge in [-0.05, 0) is 43.4 Å². The summed E-state index contributed by atoms with van der Waals surface area (Å²) in [6.07, 6.45) is -0.000860. The standard InChI is InChI=1S/C19H22F3N7/c20-19(21,22)15-7-5-6-14(12-15)13-23-27-16-24-17(28-8-1-2-9-28)26-18(25-16)29-10-3-4-11-29/h5-7,12H,1-4,8-11,13H2. The fraction of sp³-hybridized carbons (Fsp3) is 0.526. The minimum absolute atomic E-state index is 0.0215. The molecule has 1 aromatic carbocycles. The second-order valence-electron chi connectivity index (χ2n) is 7.22. The van der Waals surface area contributed by atoms with E-state index in [1.165, 1.54) is 6.07 Å². The maximum Gasteiger partial charge on any atom is 0.416 e. The lowest BCUT2D eigenvalue weighted by molar-refractivity contribution is -0.137. The summed E-state index contributed by atoms with van der Waals surface area (Å²) in [5.41, 5.74) is -0.268. The molecule has 0 bridgehead atoms. The van der Waals surface area contributed by atoms with Gasteiger partial charge in [-0.15, -0.1) is 5.11 Å². The van der Waals surface area contributed by atoms with E-state index in [1.54, 1.807) is 6.07 Å². The first-order valence-corrected chi connectivity index (χ1v) is 9.79. The molecule has 154 valence electrons. The molecule has 0 unspecified atom stereocenters. The topological polar surface area (TPSA) is 69.9 Å². The van der Waals surface area contributed by atoms with Crippen LogP contribution in [0, 0.1) is 0 Å². The van der Waals surface area contributed by atoms with Gasteiger partial charge in [-0.1, -0.05) is 12.1 Å². The van der Waals surface area contributed by atoms with Gasteiger partial charge >= 0.3 is 6.18 Å². The Morgan fingerprint density at radius 1 is 0.862 bits per heavy atom. The van der Waals surface area contributed by atoms with E-state index in [2.05, 4.69) is 35.0 Å². The van der Waals surface area contributed by atoms with Gasteiger partial charge in [-0.25, -0.2) is 0 Å². The quantitative estimate of drug-likeness (QED) is 0.691. The van der Waals surface area contributed by atoms with Crippen molar-refractivity contribution in [2.45, 2.75) is 38.4 Å². The lowest BCUT2D eigenvalue weighted by atomic mass is 10.1. The summed E-state index contributed by atoms with van der Waals surface area (Å²) >= 11 is 0. The predicted octanol–water partition coefficient (Wildman–Crippen LogP) is 4.37. The lowest BCUT2D eigenvalue weighted by Crippen LogP contribution is -2.25. The SMILES string of the molecule is FC(F)(F)c1cccc(CN=Nc2nc(N3CCCC3)nc(N3CCCC3)n2)c1. The van der Waals surface area contributed by atoms with Crippen LogP contribution in [0.3, 0.4) is 0 Å². The van der Waals surface area contributed by atoms with Gasteiger partial charge in [-0.3, -0.25) is 0 Å². The molecule has 0 radical (unpaired) electrons. The van der Waals surface area contributed by atoms with Crippen LogP contribution in [0.1, 0.15) is 36.8 Å². The van der Waals surface area contributed by atoms with Gasteiger partial charge < -0.3 is 9.80 Å². The molecule has 0 N–H and O–H groups in total. The van der Waals surface area contributed by atoms with Crippen molar-refractivity contribution in [3.05, 3.63) is 35.4 Å². The Bertz CT molecular complexity index is 838. The summed E-state index contributed by atoms with van der Waals surface area (Å²) in [5, 5.41) is 8.12. The summed E-state index contributed by atoms with van der Waals surface area (Å²) in [7, 11) is 0. The van der Waals surface area contributed by atoms with Crippen LogP contribution in [0.25, 0.3) is 0 Å². The van der Waals surface area contributed by atoms with Crippen LogP contribution >= 0.6 is 0 Å². The van der Waals surface area contributed by atoms with Crippen LogP contribution in [-0.4, -0.2) is 41.1 Å². The first kappa shape index (κ1) is 19.5. The molecule has 29 heavy (non-hydrogen) atoms. The number of hydrogen-bond donors (Lipinski definition) is 0. The molecule has 2 saturated heterocycles. The lowest BCUT2D eigenvalue weighted by Gasteiger charge is -2.19. The highest BCUT2D eigenvalue weighted by Crippen LogP contribution is 2.30. The Hall–Kier alpha value is -2.78. The summed E-state index contributed by atoms with van der Waals surface area (Å²) in [6.45, 7) is 3.59. The maximum absolute atomic E-state index is 12.8. The number of nitrogens with zero attached hydrogens (tertiary/aromatic N) is 7. The largest absolute Gasteiger partial charge is 0.416 e. The van der Waals surface area contributed by atoms with Crippen LogP contribution in [0.2, 0.25) is 0 Å². The van der Waals surface area contributed by atoms with Crippen LogP contribution in [0.5, 0.6) is 0 Å². The molecule has 7 nitrogen and oxygen atoms in total. The third kappa shape index (κ3) is 4.80. The molecular formula is C19H22F3N7. The number of alkyl halides is 3. The van der Waals surface area contributed by atoms with Gasteiger partial charge in [0.25, 0.3) is 5.95 Å². The van der Waals surface area contributed by atoms with Crippen LogP contribution in [0.15, 0.2) is 34.5 Å². The van der Waals surface area contributed by atoms with Gasteiger partial charge in [0.2, 0.25) is 11.9 Å². The Balaban J connectivity index is 1.54. The molecule has 2 aromatic rings. The zero-order chi connectivity index (χ0) is 20.3. The fourth-order valence-corrected chi connectivity index (χ4v) is 3.53. The van der Waals surface area contributed by atoms with Gasteiger partial charge in [0.15, 0.2) is 0 Å². The highest BCUT2D eigenvalue weighted by molar-refractivity contribution is 5.44. The molecule has 2 aliphatic heterocycles. The van der Waals surface area contributed by atoms with Crippen molar-refractivity contribution in [2.24, 2.45) is 10.2 Å². The van der Waals surface area contributed by atoms with Crippen molar-refractivity contribution >= 4 is 17.8 Å². The average molecular weight is 405 g/mol. The molecule has 0 spiro atoms.